The van der Waals surface area contributed by atoms with Gasteiger partial charge in [-0.3, -0.25) is 9.59 Å². The molecule has 0 radical (unpaired) electrons. The number of carbonyl (C=O) groups excluding carboxylic acids is 2. The Kier molecular flexibility index (Phi) is 5.25. The molecule has 1 heterocycles. The molecule has 22 heavy (non-hydrogen) atoms. The molecule has 0 bridgehead atoms. The van der Waals surface area contributed by atoms with Gasteiger partial charge in [-0.05, 0) is 18.2 Å². The van der Waals surface area contributed by atoms with Crippen molar-refractivity contribution in [3.63, 3.8) is 0 Å². The minimum atomic E-state index is -0.0978. The summed E-state index contributed by atoms with van der Waals surface area (Å²) in [6.07, 6.45) is 0.498. The zero-order valence-electron chi connectivity index (χ0n) is 13.3. The van der Waals surface area contributed by atoms with E-state index < -0.39 is 0 Å². The fourth-order valence-corrected chi connectivity index (χ4v) is 2.53. The Morgan fingerprint density at radius 2 is 1.68 bits per heavy atom. The van der Waals surface area contributed by atoms with Crippen molar-refractivity contribution in [1.82, 2.24) is 9.80 Å². The second-order valence-corrected chi connectivity index (χ2v) is 5.09. The fraction of sp³-hybridized carbons (Fsp3) is 0.500. The second-order valence-electron chi connectivity index (χ2n) is 5.09. The summed E-state index contributed by atoms with van der Waals surface area (Å²) in [5.74, 6) is 1.17. The molecule has 1 saturated heterocycles. The molecule has 0 aliphatic carbocycles. The number of methoxy groups -OCH3 is 2. The average Bonchev–Trinajstić information content (AvgIpc) is 2.59. The predicted molar refractivity (Wildman–Crippen MR) is 82.3 cm³/mol. The van der Waals surface area contributed by atoms with Gasteiger partial charge in [0.05, 0.1) is 19.8 Å². The SMILES string of the molecule is CCC(=O)N1CCN(C(=O)c2cc(OC)ccc2OC)CC1. The number of ether oxygens (including phenoxy) is 2. The number of nitrogens with zero attached hydrogens (tertiary/aromatic N) is 2. The number of benzene rings is 1. The van der Waals surface area contributed by atoms with E-state index in [0.717, 1.165) is 0 Å². The summed E-state index contributed by atoms with van der Waals surface area (Å²) in [6.45, 7) is 4.06. The molecule has 1 aromatic rings. The van der Waals surface area contributed by atoms with Crippen molar-refractivity contribution in [2.45, 2.75) is 13.3 Å². The predicted octanol–water partition coefficient (Wildman–Crippen LogP) is 1.40. The van der Waals surface area contributed by atoms with Crippen molar-refractivity contribution in [3.8, 4) is 11.5 Å². The lowest BCUT2D eigenvalue weighted by Gasteiger charge is -2.35. The maximum Gasteiger partial charge on any atom is 0.257 e. The first-order chi connectivity index (χ1) is 10.6. The molecular formula is C16H22N2O4. The van der Waals surface area contributed by atoms with Crippen molar-refractivity contribution >= 4 is 11.8 Å². The van der Waals surface area contributed by atoms with Gasteiger partial charge in [0, 0.05) is 32.6 Å². The van der Waals surface area contributed by atoms with Crippen molar-refractivity contribution in [2.75, 3.05) is 40.4 Å². The summed E-state index contributed by atoms with van der Waals surface area (Å²) in [6, 6.07) is 5.17. The van der Waals surface area contributed by atoms with Gasteiger partial charge in [-0.1, -0.05) is 6.92 Å². The van der Waals surface area contributed by atoms with Crippen molar-refractivity contribution in [3.05, 3.63) is 23.8 Å². The number of hydrogen-bond acceptors (Lipinski definition) is 4. The van der Waals surface area contributed by atoms with Gasteiger partial charge < -0.3 is 19.3 Å². The van der Waals surface area contributed by atoms with E-state index in [9.17, 15) is 9.59 Å². The van der Waals surface area contributed by atoms with Crippen LogP contribution in [0.2, 0.25) is 0 Å². The third-order valence-electron chi connectivity index (χ3n) is 3.86. The summed E-state index contributed by atoms with van der Waals surface area (Å²) in [5.41, 5.74) is 0.483. The lowest BCUT2D eigenvalue weighted by atomic mass is 10.1. The van der Waals surface area contributed by atoms with E-state index >= 15 is 0 Å². The molecule has 0 N–H and O–H groups in total. The van der Waals surface area contributed by atoms with Crippen LogP contribution in [0.25, 0.3) is 0 Å². The summed E-state index contributed by atoms with van der Waals surface area (Å²) in [4.78, 5) is 27.9. The summed E-state index contributed by atoms with van der Waals surface area (Å²) >= 11 is 0. The van der Waals surface area contributed by atoms with E-state index in [2.05, 4.69) is 0 Å². The van der Waals surface area contributed by atoms with Crippen molar-refractivity contribution in [1.29, 1.82) is 0 Å². The molecule has 0 atom stereocenters. The van der Waals surface area contributed by atoms with Gasteiger partial charge in [-0.2, -0.15) is 0 Å². The second kappa shape index (κ2) is 7.15. The minimum absolute atomic E-state index is 0.0978. The van der Waals surface area contributed by atoms with Crippen LogP contribution in [-0.2, 0) is 4.79 Å². The van der Waals surface area contributed by atoms with Gasteiger partial charge in [0.15, 0.2) is 0 Å². The molecule has 1 aliphatic heterocycles. The maximum atomic E-state index is 12.7. The first kappa shape index (κ1) is 16.1. The Balaban J connectivity index is 2.11. The molecule has 0 unspecified atom stereocenters. The van der Waals surface area contributed by atoms with Gasteiger partial charge in [-0.25, -0.2) is 0 Å². The number of carbonyl (C=O) groups is 2. The van der Waals surface area contributed by atoms with Gasteiger partial charge in [0.1, 0.15) is 11.5 Å². The molecule has 1 aromatic carbocycles. The van der Waals surface area contributed by atoms with E-state index in [4.69, 9.17) is 9.47 Å². The lowest BCUT2D eigenvalue weighted by molar-refractivity contribution is -0.132. The number of rotatable bonds is 4. The van der Waals surface area contributed by atoms with Crippen LogP contribution in [-0.4, -0.2) is 62.0 Å². The number of piperazine rings is 1. The van der Waals surface area contributed by atoms with E-state index in [1.54, 1.807) is 35.1 Å². The molecule has 2 rings (SSSR count). The normalized spacial score (nSPS) is 14.7. The first-order valence-electron chi connectivity index (χ1n) is 7.39. The molecule has 2 amide bonds. The van der Waals surface area contributed by atoms with Gasteiger partial charge in [-0.15, -0.1) is 0 Å². The summed E-state index contributed by atoms with van der Waals surface area (Å²) < 4.78 is 10.4. The Bertz CT molecular complexity index is 551. The molecule has 6 nitrogen and oxygen atoms in total. The van der Waals surface area contributed by atoms with Gasteiger partial charge >= 0.3 is 0 Å². The highest BCUT2D eigenvalue weighted by atomic mass is 16.5. The van der Waals surface area contributed by atoms with Crippen LogP contribution in [0.15, 0.2) is 18.2 Å². The molecule has 6 heteroatoms. The van der Waals surface area contributed by atoms with Crippen LogP contribution in [0, 0.1) is 0 Å². The average molecular weight is 306 g/mol. The zero-order valence-corrected chi connectivity index (χ0v) is 13.3. The van der Waals surface area contributed by atoms with Crippen LogP contribution in [0.4, 0.5) is 0 Å². The van der Waals surface area contributed by atoms with E-state index in [1.807, 2.05) is 6.92 Å². The third-order valence-corrected chi connectivity index (χ3v) is 3.86. The standard InChI is InChI=1S/C16H22N2O4/c1-4-15(19)17-7-9-18(10-8-17)16(20)13-11-12(21-2)5-6-14(13)22-3/h5-6,11H,4,7-10H2,1-3H3. The van der Waals surface area contributed by atoms with E-state index in [0.29, 0.717) is 49.7 Å². The number of amides is 2. The summed E-state index contributed by atoms with van der Waals surface area (Å²) in [7, 11) is 3.10. The highest BCUT2D eigenvalue weighted by molar-refractivity contribution is 5.97. The first-order valence-corrected chi connectivity index (χ1v) is 7.39. The largest absolute Gasteiger partial charge is 0.497 e. The zero-order chi connectivity index (χ0) is 16.1. The van der Waals surface area contributed by atoms with Crippen molar-refractivity contribution < 1.29 is 19.1 Å². The molecular weight excluding hydrogens is 284 g/mol. The molecule has 1 aliphatic rings. The summed E-state index contributed by atoms with van der Waals surface area (Å²) in [5, 5.41) is 0. The van der Waals surface area contributed by atoms with Crippen LogP contribution >= 0.6 is 0 Å². The lowest BCUT2D eigenvalue weighted by Crippen LogP contribution is -2.50. The molecule has 120 valence electrons. The smallest absolute Gasteiger partial charge is 0.257 e. The highest BCUT2D eigenvalue weighted by Gasteiger charge is 2.26. The monoisotopic (exact) mass is 306 g/mol. The minimum Gasteiger partial charge on any atom is -0.497 e. The Hall–Kier alpha value is -2.24. The topological polar surface area (TPSA) is 59.1 Å². The molecule has 0 aromatic heterocycles. The quantitative estimate of drug-likeness (QED) is 0.843. The third kappa shape index (κ3) is 3.32. The van der Waals surface area contributed by atoms with E-state index in [1.165, 1.54) is 7.11 Å². The van der Waals surface area contributed by atoms with Crippen LogP contribution in [0.1, 0.15) is 23.7 Å². The molecule has 0 spiro atoms. The Morgan fingerprint density at radius 1 is 1.05 bits per heavy atom. The van der Waals surface area contributed by atoms with Crippen LogP contribution < -0.4 is 9.47 Å². The van der Waals surface area contributed by atoms with E-state index in [-0.39, 0.29) is 11.8 Å². The maximum absolute atomic E-state index is 12.7. The Morgan fingerprint density at radius 3 is 2.23 bits per heavy atom. The molecule has 1 fully saturated rings. The molecule has 0 saturated carbocycles. The van der Waals surface area contributed by atoms with Crippen molar-refractivity contribution in [2.24, 2.45) is 0 Å². The Labute approximate surface area is 130 Å². The van der Waals surface area contributed by atoms with Crippen LogP contribution in [0.5, 0.6) is 11.5 Å². The van der Waals surface area contributed by atoms with Crippen LogP contribution in [0.3, 0.4) is 0 Å². The fourth-order valence-electron chi connectivity index (χ4n) is 2.53. The number of hydrogen-bond donors (Lipinski definition) is 0. The van der Waals surface area contributed by atoms with Gasteiger partial charge in [0.25, 0.3) is 5.91 Å². The van der Waals surface area contributed by atoms with Gasteiger partial charge in [0.2, 0.25) is 5.91 Å². The highest BCUT2D eigenvalue weighted by Crippen LogP contribution is 2.25.